The van der Waals surface area contributed by atoms with E-state index < -0.39 is 48.7 Å². The van der Waals surface area contributed by atoms with E-state index >= 15 is 0 Å². The highest BCUT2D eigenvalue weighted by atomic mass is 16.8. The van der Waals surface area contributed by atoms with Gasteiger partial charge >= 0.3 is 19.1 Å². The molecule has 0 saturated carbocycles. The van der Waals surface area contributed by atoms with Crippen LogP contribution in [0.25, 0.3) is 0 Å². The van der Waals surface area contributed by atoms with Gasteiger partial charge in [-0.15, -0.1) is 0 Å². The van der Waals surface area contributed by atoms with E-state index in [1.807, 2.05) is 6.07 Å². The molecule has 0 N–H and O–H groups in total. The standard InChI is InChI=1S/C15H19BN2O7/c1-5-15(8-17)12-11(21-14(2,3)22-12)13(23-15)16-24-9(19)6-18(4)7-10(20)25-16/h5,11-13H,1,6-7H2,2-4H3/t11-,12+,13-,15+/m1/s1. The fraction of sp³-hybridized carbons (Fsp3) is 0.667. The number of nitrogens with zero attached hydrogens (tertiary/aromatic N) is 2. The highest BCUT2D eigenvalue weighted by molar-refractivity contribution is 6.51. The van der Waals surface area contributed by atoms with Crippen LogP contribution in [0.2, 0.25) is 0 Å². The predicted octanol–water partition coefficient (Wildman–Crippen LogP) is -0.587. The molecule has 3 saturated heterocycles. The van der Waals surface area contributed by atoms with Crippen LogP contribution in [0, 0.1) is 11.3 Å². The number of fused-ring (bicyclic) bond motifs is 1. The van der Waals surface area contributed by atoms with Crippen molar-refractivity contribution in [3.8, 4) is 6.07 Å². The molecule has 134 valence electrons. The Balaban J connectivity index is 1.90. The Morgan fingerprint density at radius 2 is 1.84 bits per heavy atom. The summed E-state index contributed by atoms with van der Waals surface area (Å²) in [5.41, 5.74) is -1.50. The van der Waals surface area contributed by atoms with E-state index in [4.69, 9.17) is 23.5 Å². The third kappa shape index (κ3) is 3.16. The zero-order valence-electron chi connectivity index (χ0n) is 14.3. The van der Waals surface area contributed by atoms with Gasteiger partial charge in [0.15, 0.2) is 11.8 Å². The van der Waals surface area contributed by atoms with Crippen LogP contribution in [-0.4, -0.2) is 73.7 Å². The van der Waals surface area contributed by atoms with Gasteiger partial charge in [0.1, 0.15) is 18.3 Å². The topological polar surface area (TPSA) is 107 Å². The fourth-order valence-electron chi connectivity index (χ4n) is 3.22. The zero-order chi connectivity index (χ0) is 18.4. The van der Waals surface area contributed by atoms with E-state index in [0.717, 1.165) is 0 Å². The molecule has 4 atom stereocenters. The van der Waals surface area contributed by atoms with Crippen LogP contribution in [0.15, 0.2) is 12.7 Å². The molecule has 0 aliphatic carbocycles. The van der Waals surface area contributed by atoms with Gasteiger partial charge in [0.25, 0.3) is 0 Å². The lowest BCUT2D eigenvalue weighted by Gasteiger charge is -2.29. The first kappa shape index (κ1) is 17.9. The smallest absolute Gasteiger partial charge is 0.496 e. The summed E-state index contributed by atoms with van der Waals surface area (Å²) in [5, 5.41) is 9.59. The largest absolute Gasteiger partial charge is 0.632 e. The summed E-state index contributed by atoms with van der Waals surface area (Å²) in [6, 6.07) is 1.02. The van der Waals surface area contributed by atoms with Crippen molar-refractivity contribution in [2.75, 3.05) is 20.1 Å². The number of carbonyl (C=O) groups is 2. The van der Waals surface area contributed by atoms with Crippen LogP contribution in [-0.2, 0) is 33.1 Å². The van der Waals surface area contributed by atoms with Gasteiger partial charge in [0, 0.05) is 0 Å². The summed E-state index contributed by atoms with van der Waals surface area (Å²) in [4.78, 5) is 25.4. The third-order valence-corrected chi connectivity index (χ3v) is 4.25. The average molecular weight is 350 g/mol. The number of hydrogen-bond donors (Lipinski definition) is 0. The van der Waals surface area contributed by atoms with Gasteiger partial charge in [0.05, 0.1) is 13.1 Å². The van der Waals surface area contributed by atoms with Crippen molar-refractivity contribution in [1.29, 1.82) is 5.26 Å². The summed E-state index contributed by atoms with van der Waals surface area (Å²) >= 11 is 0. The van der Waals surface area contributed by atoms with Crippen molar-refractivity contribution in [3.63, 3.8) is 0 Å². The van der Waals surface area contributed by atoms with Crippen molar-refractivity contribution in [1.82, 2.24) is 4.90 Å². The fourth-order valence-corrected chi connectivity index (χ4v) is 3.22. The molecule has 25 heavy (non-hydrogen) atoms. The van der Waals surface area contributed by atoms with Crippen LogP contribution >= 0.6 is 0 Å². The van der Waals surface area contributed by atoms with Crippen LogP contribution in [0.3, 0.4) is 0 Å². The molecule has 0 bridgehead atoms. The monoisotopic (exact) mass is 350 g/mol. The lowest BCUT2D eigenvalue weighted by molar-refractivity contribution is -0.186. The Morgan fingerprint density at radius 3 is 2.36 bits per heavy atom. The van der Waals surface area contributed by atoms with E-state index in [0.29, 0.717) is 0 Å². The summed E-state index contributed by atoms with van der Waals surface area (Å²) in [6.07, 6.45) is -0.244. The quantitative estimate of drug-likeness (QED) is 0.477. The molecule has 3 heterocycles. The number of carbonyl (C=O) groups excluding carboxylic acids is 2. The van der Waals surface area contributed by atoms with Gasteiger partial charge in [-0.2, -0.15) is 5.26 Å². The van der Waals surface area contributed by atoms with E-state index in [1.165, 1.54) is 11.0 Å². The number of rotatable bonds is 2. The maximum absolute atomic E-state index is 12.0. The molecule has 3 rings (SSSR count). The average Bonchev–Trinajstić information content (AvgIpc) is 2.96. The minimum Gasteiger partial charge on any atom is -0.496 e. The summed E-state index contributed by atoms with van der Waals surface area (Å²) < 4.78 is 27.9. The van der Waals surface area contributed by atoms with Gasteiger partial charge in [-0.25, -0.2) is 0 Å². The van der Waals surface area contributed by atoms with E-state index in [9.17, 15) is 14.9 Å². The molecule has 0 unspecified atom stereocenters. The molecule has 3 fully saturated rings. The first-order valence-corrected chi connectivity index (χ1v) is 7.85. The normalized spacial score (nSPS) is 38.2. The van der Waals surface area contributed by atoms with Crippen molar-refractivity contribution >= 4 is 19.1 Å². The molecule has 0 aromatic heterocycles. The third-order valence-electron chi connectivity index (χ3n) is 4.25. The molecular weight excluding hydrogens is 331 g/mol. The highest BCUT2D eigenvalue weighted by Crippen LogP contribution is 2.45. The first-order chi connectivity index (χ1) is 11.7. The second-order valence-electron chi connectivity index (χ2n) is 6.73. The highest BCUT2D eigenvalue weighted by Gasteiger charge is 2.67. The maximum Gasteiger partial charge on any atom is 0.632 e. The van der Waals surface area contributed by atoms with Gasteiger partial charge < -0.3 is 23.5 Å². The Hall–Kier alpha value is -1.93. The van der Waals surface area contributed by atoms with Crippen molar-refractivity contribution in [2.45, 2.75) is 43.4 Å². The Labute approximate surface area is 145 Å². The first-order valence-electron chi connectivity index (χ1n) is 7.85. The predicted molar refractivity (Wildman–Crippen MR) is 82.7 cm³/mol. The Bertz CT molecular complexity index is 628. The number of hydrogen-bond acceptors (Lipinski definition) is 9. The van der Waals surface area contributed by atoms with Crippen LogP contribution in [0.5, 0.6) is 0 Å². The van der Waals surface area contributed by atoms with Crippen molar-refractivity contribution in [2.24, 2.45) is 0 Å². The molecule has 3 aliphatic heterocycles. The Morgan fingerprint density at radius 1 is 1.24 bits per heavy atom. The zero-order valence-corrected chi connectivity index (χ0v) is 14.3. The minimum absolute atomic E-state index is 0.0693. The van der Waals surface area contributed by atoms with Crippen LogP contribution in [0.1, 0.15) is 13.8 Å². The molecule has 0 radical (unpaired) electrons. The maximum atomic E-state index is 12.0. The molecule has 0 spiro atoms. The molecule has 0 aromatic rings. The van der Waals surface area contributed by atoms with E-state index in [1.54, 1.807) is 20.9 Å². The second kappa shape index (κ2) is 6.11. The van der Waals surface area contributed by atoms with E-state index in [2.05, 4.69) is 6.58 Å². The molecule has 0 aromatic carbocycles. The van der Waals surface area contributed by atoms with Gasteiger partial charge in [-0.3, -0.25) is 14.5 Å². The lowest BCUT2D eigenvalue weighted by atomic mass is 9.76. The number of likely N-dealkylation sites (N-methyl/N-ethyl adjacent to an activating group) is 1. The van der Waals surface area contributed by atoms with Gasteiger partial charge in [0.2, 0.25) is 5.60 Å². The molecule has 10 heteroatoms. The molecule has 3 aliphatic rings. The van der Waals surface area contributed by atoms with Crippen molar-refractivity contribution in [3.05, 3.63) is 12.7 Å². The summed E-state index contributed by atoms with van der Waals surface area (Å²) in [5.74, 6) is -2.13. The second-order valence-corrected chi connectivity index (χ2v) is 6.73. The molecular formula is C15H19BN2O7. The van der Waals surface area contributed by atoms with Crippen LogP contribution < -0.4 is 0 Å². The van der Waals surface area contributed by atoms with E-state index in [-0.39, 0.29) is 13.1 Å². The van der Waals surface area contributed by atoms with Crippen LogP contribution in [0.4, 0.5) is 0 Å². The Kier molecular flexibility index (Phi) is 4.37. The molecule has 0 amide bonds. The van der Waals surface area contributed by atoms with Gasteiger partial charge in [-0.1, -0.05) is 6.58 Å². The van der Waals surface area contributed by atoms with Crippen molar-refractivity contribution < 1.29 is 33.1 Å². The number of ether oxygens (including phenoxy) is 3. The lowest BCUT2D eigenvalue weighted by Crippen LogP contribution is -2.51. The number of nitriles is 1. The summed E-state index contributed by atoms with van der Waals surface area (Å²) in [6.45, 7) is 6.89. The SMILES string of the molecule is C=C[C@@]1(C#N)O[C@@H](B2OC(=O)CN(C)CC(=O)O2)[C@@H]2OC(C)(C)O[C@@H]21. The summed E-state index contributed by atoms with van der Waals surface area (Å²) in [7, 11) is 0.258. The molecule has 9 nitrogen and oxygen atoms in total. The minimum atomic E-state index is -1.50. The van der Waals surface area contributed by atoms with Gasteiger partial charge in [-0.05, 0) is 27.0 Å².